The summed E-state index contributed by atoms with van der Waals surface area (Å²) < 4.78 is 13.5. The van der Waals surface area contributed by atoms with Crippen molar-refractivity contribution >= 4 is 11.5 Å². The molecule has 0 spiro atoms. The van der Waals surface area contributed by atoms with E-state index in [1.54, 1.807) is 18.5 Å². The number of carboxylic acids is 1. The van der Waals surface area contributed by atoms with Crippen molar-refractivity contribution in [2.45, 2.75) is 25.7 Å². The molecule has 0 amide bonds. The van der Waals surface area contributed by atoms with Crippen LogP contribution in [0.15, 0.2) is 54.9 Å². The lowest BCUT2D eigenvalue weighted by Gasteiger charge is -2.08. The summed E-state index contributed by atoms with van der Waals surface area (Å²) in [5, 5.41) is 8.64. The highest BCUT2D eigenvalue weighted by molar-refractivity contribution is 5.79. The molecule has 3 nitrogen and oxygen atoms in total. The van der Waals surface area contributed by atoms with Gasteiger partial charge < -0.3 is 5.11 Å². The van der Waals surface area contributed by atoms with Crippen molar-refractivity contribution in [1.82, 2.24) is 4.98 Å². The van der Waals surface area contributed by atoms with Crippen molar-refractivity contribution < 1.29 is 14.3 Å². The lowest BCUT2D eigenvalue weighted by Crippen LogP contribution is -1.94. The number of unbranched alkanes of at least 4 members (excludes halogenated alkanes) is 2. The number of allylic oxidation sites excluding steroid dienone is 1. The Morgan fingerprint density at radius 3 is 2.68 bits per heavy atom. The van der Waals surface area contributed by atoms with Crippen molar-refractivity contribution in [2.75, 3.05) is 0 Å². The van der Waals surface area contributed by atoms with Gasteiger partial charge in [0.2, 0.25) is 0 Å². The van der Waals surface area contributed by atoms with Crippen molar-refractivity contribution in [3.63, 3.8) is 0 Å². The number of aliphatic carboxylic acids is 1. The number of aromatic nitrogens is 1. The number of carbonyl (C=O) groups is 1. The Morgan fingerprint density at radius 2 is 2.00 bits per heavy atom. The summed E-state index contributed by atoms with van der Waals surface area (Å²) in [5.41, 5.74) is 2.64. The maximum Gasteiger partial charge on any atom is 0.303 e. The predicted octanol–water partition coefficient (Wildman–Crippen LogP) is 4.30. The molecule has 0 atom stereocenters. The lowest BCUT2D eigenvalue weighted by atomic mass is 9.97. The Bertz CT molecular complexity index is 653. The Kier molecular flexibility index (Phi) is 5.83. The number of pyridine rings is 1. The Balaban J connectivity index is 2.17. The fourth-order valence-corrected chi connectivity index (χ4v) is 2.25. The highest BCUT2D eigenvalue weighted by Gasteiger charge is 2.06. The molecule has 1 heterocycles. The standard InChI is InChI=1S/C18H18FNO2/c19-16-8-4-6-14(12-16)17(15-7-5-11-20-13-15)9-2-1-3-10-18(21)22/h4-9,11-13H,1-3,10H2,(H,21,22)/b17-9+. The second kappa shape index (κ2) is 8.08. The first kappa shape index (κ1) is 15.9. The van der Waals surface area contributed by atoms with Gasteiger partial charge in [0.05, 0.1) is 0 Å². The van der Waals surface area contributed by atoms with Gasteiger partial charge in [-0.2, -0.15) is 0 Å². The third kappa shape index (κ3) is 4.81. The molecule has 1 aromatic heterocycles. The zero-order valence-electron chi connectivity index (χ0n) is 12.2. The van der Waals surface area contributed by atoms with Crippen LogP contribution < -0.4 is 0 Å². The van der Waals surface area contributed by atoms with Crippen LogP contribution in [-0.4, -0.2) is 16.1 Å². The van der Waals surface area contributed by atoms with E-state index in [2.05, 4.69) is 4.98 Å². The molecule has 0 unspecified atom stereocenters. The number of hydrogen-bond donors (Lipinski definition) is 1. The second-order valence-corrected chi connectivity index (χ2v) is 5.01. The smallest absolute Gasteiger partial charge is 0.303 e. The molecular formula is C18H18FNO2. The first-order chi connectivity index (χ1) is 10.7. The molecule has 0 radical (unpaired) electrons. The maximum atomic E-state index is 13.5. The van der Waals surface area contributed by atoms with Crippen LogP contribution in [0.25, 0.3) is 5.57 Å². The van der Waals surface area contributed by atoms with Gasteiger partial charge in [-0.15, -0.1) is 0 Å². The summed E-state index contributed by atoms with van der Waals surface area (Å²) in [6, 6.07) is 10.2. The number of hydrogen-bond acceptors (Lipinski definition) is 2. The molecule has 4 heteroatoms. The number of carboxylic acid groups (broad SMARTS) is 1. The van der Waals surface area contributed by atoms with E-state index in [0.717, 1.165) is 29.5 Å². The molecule has 0 bridgehead atoms. The minimum Gasteiger partial charge on any atom is -0.481 e. The first-order valence-electron chi connectivity index (χ1n) is 7.25. The largest absolute Gasteiger partial charge is 0.481 e. The van der Waals surface area contributed by atoms with E-state index >= 15 is 0 Å². The normalized spacial score (nSPS) is 11.4. The number of rotatable bonds is 7. The van der Waals surface area contributed by atoms with Crippen LogP contribution in [0.2, 0.25) is 0 Å². The van der Waals surface area contributed by atoms with Crippen LogP contribution in [0, 0.1) is 5.82 Å². The monoisotopic (exact) mass is 299 g/mol. The van der Waals surface area contributed by atoms with Gasteiger partial charge in [-0.05, 0) is 48.6 Å². The van der Waals surface area contributed by atoms with Gasteiger partial charge >= 0.3 is 5.97 Å². The van der Waals surface area contributed by atoms with Crippen LogP contribution in [0.4, 0.5) is 4.39 Å². The molecule has 22 heavy (non-hydrogen) atoms. The van der Waals surface area contributed by atoms with Gasteiger partial charge in [0.15, 0.2) is 0 Å². The topological polar surface area (TPSA) is 50.2 Å². The highest BCUT2D eigenvalue weighted by Crippen LogP contribution is 2.24. The molecule has 0 aliphatic heterocycles. The van der Waals surface area contributed by atoms with Gasteiger partial charge in [0, 0.05) is 24.4 Å². The average molecular weight is 299 g/mol. The molecule has 2 aromatic rings. The molecule has 0 aliphatic rings. The van der Waals surface area contributed by atoms with Crippen LogP contribution in [0.3, 0.4) is 0 Å². The lowest BCUT2D eigenvalue weighted by molar-refractivity contribution is -0.137. The quantitative estimate of drug-likeness (QED) is 0.776. The van der Waals surface area contributed by atoms with Crippen molar-refractivity contribution in [1.29, 1.82) is 0 Å². The molecule has 0 saturated carbocycles. The van der Waals surface area contributed by atoms with Gasteiger partial charge in [0.1, 0.15) is 5.82 Å². The summed E-state index contributed by atoms with van der Waals surface area (Å²) in [7, 11) is 0. The summed E-state index contributed by atoms with van der Waals surface area (Å²) in [6.45, 7) is 0. The van der Waals surface area contributed by atoms with E-state index < -0.39 is 5.97 Å². The number of halogens is 1. The van der Waals surface area contributed by atoms with Gasteiger partial charge in [-0.25, -0.2) is 4.39 Å². The molecule has 1 aromatic carbocycles. The molecule has 0 aliphatic carbocycles. The summed E-state index contributed by atoms with van der Waals surface area (Å²) in [5.74, 6) is -1.06. The highest BCUT2D eigenvalue weighted by atomic mass is 19.1. The molecule has 1 N–H and O–H groups in total. The van der Waals surface area contributed by atoms with E-state index in [9.17, 15) is 9.18 Å². The van der Waals surface area contributed by atoms with Crippen molar-refractivity contribution in [3.05, 3.63) is 71.8 Å². The Hall–Kier alpha value is -2.49. The van der Waals surface area contributed by atoms with E-state index in [1.165, 1.54) is 12.1 Å². The first-order valence-corrected chi connectivity index (χ1v) is 7.25. The predicted molar refractivity (Wildman–Crippen MR) is 83.8 cm³/mol. The van der Waals surface area contributed by atoms with Crippen molar-refractivity contribution in [3.8, 4) is 0 Å². The fraction of sp³-hybridized carbons (Fsp3) is 0.222. The maximum absolute atomic E-state index is 13.5. The zero-order chi connectivity index (χ0) is 15.8. The second-order valence-electron chi connectivity index (χ2n) is 5.01. The number of nitrogens with zero attached hydrogens (tertiary/aromatic N) is 1. The minimum absolute atomic E-state index is 0.177. The zero-order valence-corrected chi connectivity index (χ0v) is 12.2. The molecular weight excluding hydrogens is 281 g/mol. The van der Waals surface area contributed by atoms with E-state index in [1.807, 2.05) is 24.3 Å². The molecule has 114 valence electrons. The summed E-state index contributed by atoms with van der Waals surface area (Å²) >= 11 is 0. The molecule has 2 rings (SSSR count). The number of benzene rings is 1. The van der Waals surface area contributed by atoms with Crippen LogP contribution in [0.5, 0.6) is 0 Å². The van der Waals surface area contributed by atoms with Crippen LogP contribution in [-0.2, 0) is 4.79 Å². The summed E-state index contributed by atoms with van der Waals surface area (Å²) in [4.78, 5) is 14.6. The van der Waals surface area contributed by atoms with E-state index in [4.69, 9.17) is 5.11 Å². The Labute approximate surface area is 129 Å². The molecule has 0 fully saturated rings. The Morgan fingerprint density at radius 1 is 1.18 bits per heavy atom. The minimum atomic E-state index is -0.776. The van der Waals surface area contributed by atoms with Gasteiger partial charge in [-0.3, -0.25) is 9.78 Å². The van der Waals surface area contributed by atoms with Crippen LogP contribution >= 0.6 is 0 Å². The summed E-state index contributed by atoms with van der Waals surface area (Å²) in [6.07, 6.45) is 7.80. The van der Waals surface area contributed by atoms with E-state index in [0.29, 0.717) is 6.42 Å². The average Bonchev–Trinajstić information content (AvgIpc) is 2.51. The SMILES string of the molecule is O=C(O)CCCC/C=C(/c1cccnc1)c1cccc(F)c1. The van der Waals surface area contributed by atoms with E-state index in [-0.39, 0.29) is 12.2 Å². The van der Waals surface area contributed by atoms with Gasteiger partial charge in [0.25, 0.3) is 0 Å². The van der Waals surface area contributed by atoms with Crippen LogP contribution in [0.1, 0.15) is 36.8 Å². The molecule has 0 saturated heterocycles. The van der Waals surface area contributed by atoms with Crippen molar-refractivity contribution in [2.24, 2.45) is 0 Å². The third-order valence-corrected chi connectivity index (χ3v) is 3.30. The van der Waals surface area contributed by atoms with Gasteiger partial charge in [-0.1, -0.05) is 24.3 Å². The fourth-order valence-electron chi connectivity index (χ4n) is 2.25. The third-order valence-electron chi connectivity index (χ3n) is 3.30.